The van der Waals surface area contributed by atoms with Crippen LogP contribution in [-0.4, -0.2) is 112 Å². The third-order valence-electron chi connectivity index (χ3n) is 9.83. The van der Waals surface area contributed by atoms with E-state index in [1.807, 2.05) is 0 Å². The number of hydrogen-bond donors (Lipinski definition) is 2. The predicted molar refractivity (Wildman–Crippen MR) is 183 cm³/mol. The predicted octanol–water partition coefficient (Wildman–Crippen LogP) is 0.417. The fourth-order valence-corrected chi connectivity index (χ4v) is 10.6. The van der Waals surface area contributed by atoms with Crippen LogP contribution in [0.3, 0.4) is 0 Å². The zero-order valence-electron chi connectivity index (χ0n) is 29.1. The Labute approximate surface area is 307 Å². The maximum absolute atomic E-state index is 13.5. The minimum atomic E-state index is -3.96. The van der Waals surface area contributed by atoms with Crippen LogP contribution in [0.1, 0.15) is 66.4 Å². The molecule has 3 N–H and O–H groups in total. The molecular formula is C34H36N4O13S2. The Morgan fingerprint density at radius 1 is 0.943 bits per heavy atom. The highest BCUT2D eigenvalue weighted by atomic mass is 32.2. The lowest BCUT2D eigenvalue weighted by Gasteiger charge is -2.44. The smallest absolute Gasteiger partial charge is 0.344 e. The number of sulfone groups is 1. The Bertz CT molecular complexity index is 2040. The molecule has 2 aromatic rings. The van der Waals surface area contributed by atoms with E-state index in [-0.39, 0.29) is 12.0 Å². The van der Waals surface area contributed by atoms with Crippen LogP contribution in [0.15, 0.2) is 48.5 Å². The monoisotopic (exact) mass is 772 g/mol. The molecule has 4 heterocycles. The summed E-state index contributed by atoms with van der Waals surface area (Å²) in [6.45, 7) is 5.06. The number of fused-ring (bicyclic) bond motifs is 2. The molecule has 0 saturated carbocycles. The summed E-state index contributed by atoms with van der Waals surface area (Å²) in [5.74, 6) is -6.27. The normalized spacial score (nSPS) is 26.2. The molecule has 0 radical (unpaired) electrons. The summed E-state index contributed by atoms with van der Waals surface area (Å²) in [4.78, 5) is 92.9. The number of carbonyl (C=O) groups is 7. The molecule has 6 rings (SSSR count). The Morgan fingerprint density at radius 3 is 2.26 bits per heavy atom. The van der Waals surface area contributed by atoms with Crippen molar-refractivity contribution in [2.24, 2.45) is 5.73 Å². The van der Waals surface area contributed by atoms with Gasteiger partial charge in [-0.3, -0.25) is 14.4 Å². The molecule has 4 fully saturated rings. The van der Waals surface area contributed by atoms with Gasteiger partial charge in [-0.15, -0.1) is 11.8 Å². The first-order chi connectivity index (χ1) is 24.8. The van der Waals surface area contributed by atoms with Crippen LogP contribution in [0, 0.1) is 0 Å². The minimum absolute atomic E-state index is 0.138. The molecule has 0 spiro atoms. The van der Waals surface area contributed by atoms with Gasteiger partial charge in [0.05, 0.1) is 23.8 Å². The van der Waals surface area contributed by atoms with E-state index in [1.165, 1.54) is 36.6 Å². The first-order valence-corrected chi connectivity index (χ1v) is 18.7. The number of amides is 3. The molecule has 1 unspecified atom stereocenters. The number of nitrogens with one attached hydrogen (secondary N) is 1. The fraction of sp³-hybridized carbons (Fsp3) is 0.441. The molecular weight excluding hydrogens is 737 g/mol. The lowest BCUT2D eigenvalue weighted by atomic mass is 9.95. The molecule has 0 aromatic heterocycles. The molecule has 4 aliphatic heterocycles. The third kappa shape index (κ3) is 6.19. The van der Waals surface area contributed by atoms with Crippen molar-refractivity contribution >= 4 is 63.2 Å². The van der Waals surface area contributed by atoms with Gasteiger partial charge in [0, 0.05) is 4.75 Å². The van der Waals surface area contributed by atoms with Crippen LogP contribution in [0.2, 0.25) is 0 Å². The van der Waals surface area contributed by atoms with E-state index in [9.17, 15) is 42.0 Å². The number of ether oxygens (including phenoxy) is 4. The molecule has 53 heavy (non-hydrogen) atoms. The van der Waals surface area contributed by atoms with Crippen molar-refractivity contribution in [3.8, 4) is 5.75 Å². The highest BCUT2D eigenvalue weighted by Gasteiger charge is 2.68. The fourth-order valence-electron chi connectivity index (χ4n) is 6.87. The van der Waals surface area contributed by atoms with Crippen molar-refractivity contribution in [2.45, 2.75) is 78.5 Å². The molecule has 4 saturated heterocycles. The van der Waals surface area contributed by atoms with E-state index in [0.29, 0.717) is 5.56 Å². The number of nitrogens with zero attached hydrogens (tertiary/aromatic N) is 2. The van der Waals surface area contributed by atoms with Gasteiger partial charge in [-0.2, -0.15) is 0 Å². The molecule has 3 amide bonds. The maximum Gasteiger partial charge on any atom is 0.344 e. The van der Waals surface area contributed by atoms with Crippen LogP contribution in [-0.2, 0) is 48.0 Å². The lowest BCUT2D eigenvalue weighted by Crippen LogP contribution is -2.71. The molecule has 0 aliphatic carbocycles. The van der Waals surface area contributed by atoms with Crippen molar-refractivity contribution in [3.05, 3.63) is 65.2 Å². The minimum Gasteiger partial charge on any atom is -0.465 e. The number of benzene rings is 2. The molecule has 19 heteroatoms. The Morgan fingerprint density at radius 2 is 1.62 bits per heavy atom. The number of thioether (sulfide) groups is 1. The molecule has 0 bridgehead atoms. The second kappa shape index (κ2) is 13.4. The largest absolute Gasteiger partial charge is 0.465 e. The van der Waals surface area contributed by atoms with E-state index >= 15 is 0 Å². The van der Waals surface area contributed by atoms with Crippen LogP contribution in [0.5, 0.6) is 5.75 Å². The molecule has 17 nitrogen and oxygen atoms in total. The number of hydrogen-bond acceptors (Lipinski definition) is 15. The van der Waals surface area contributed by atoms with Gasteiger partial charge in [0.25, 0.3) is 0 Å². The van der Waals surface area contributed by atoms with Gasteiger partial charge < -0.3 is 39.8 Å². The topological polar surface area (TPSA) is 235 Å². The van der Waals surface area contributed by atoms with E-state index in [4.69, 9.17) is 24.7 Å². The highest BCUT2D eigenvalue weighted by molar-refractivity contribution is 8.01. The van der Waals surface area contributed by atoms with Crippen LogP contribution >= 0.6 is 11.8 Å². The van der Waals surface area contributed by atoms with Gasteiger partial charge in [-0.05, 0) is 51.5 Å². The number of β-lactam (4-membered cyclic amide) rings is 2. The van der Waals surface area contributed by atoms with Crippen LogP contribution < -0.4 is 15.8 Å². The zero-order valence-corrected chi connectivity index (χ0v) is 30.7. The Kier molecular flexibility index (Phi) is 9.57. The molecule has 2 aromatic carbocycles. The number of carbonyl (C=O) groups excluding carboxylic acids is 7. The van der Waals surface area contributed by atoms with E-state index in [1.54, 1.807) is 44.2 Å². The van der Waals surface area contributed by atoms with Crippen molar-refractivity contribution in [3.63, 3.8) is 0 Å². The van der Waals surface area contributed by atoms with Gasteiger partial charge in [-0.1, -0.05) is 30.3 Å². The summed E-state index contributed by atoms with van der Waals surface area (Å²) in [6, 6.07) is 7.26. The lowest BCUT2D eigenvalue weighted by molar-refractivity contribution is -0.169. The van der Waals surface area contributed by atoms with Crippen LogP contribution in [0.4, 0.5) is 0 Å². The first-order valence-electron chi connectivity index (χ1n) is 16.3. The SMILES string of the molecule is COC(=O)c1ccc(C(=O)OCOC(=O)[C@@H]2N3C(=O)[C@@H](NC(=O)C(N)c4ccccc4)[C@H]3SC2(C)C)c(OC(=O)[C@@H]2N3C(=O)C[C@H]3S(=O)(=O)C2(C)C)c1. The van der Waals surface area contributed by atoms with Crippen LogP contribution in [0.25, 0.3) is 0 Å². The number of esters is 4. The van der Waals surface area contributed by atoms with Gasteiger partial charge in [-0.25, -0.2) is 27.6 Å². The summed E-state index contributed by atoms with van der Waals surface area (Å²) in [7, 11) is -2.86. The Balaban J connectivity index is 1.11. The van der Waals surface area contributed by atoms with Crippen molar-refractivity contribution in [1.82, 2.24) is 15.1 Å². The quantitative estimate of drug-likeness (QED) is 0.144. The second-order valence-corrected chi connectivity index (χ2v) is 18.2. The van der Waals surface area contributed by atoms with Gasteiger partial charge in [0.15, 0.2) is 15.9 Å². The van der Waals surface area contributed by atoms with E-state index < -0.39 is 114 Å². The van der Waals surface area contributed by atoms with E-state index in [0.717, 1.165) is 24.1 Å². The second-order valence-electron chi connectivity index (χ2n) is 13.8. The van der Waals surface area contributed by atoms with Crippen molar-refractivity contribution < 1.29 is 60.9 Å². The summed E-state index contributed by atoms with van der Waals surface area (Å²) in [6.07, 6.45) is -0.284. The molecule has 282 valence electrons. The average Bonchev–Trinajstić information content (AvgIpc) is 3.44. The highest BCUT2D eigenvalue weighted by Crippen LogP contribution is 2.51. The summed E-state index contributed by atoms with van der Waals surface area (Å²) < 4.78 is 44.0. The number of rotatable bonds is 10. The Hall–Kier alpha value is -5.01. The summed E-state index contributed by atoms with van der Waals surface area (Å²) in [5.41, 5.74) is 6.10. The molecule has 4 aliphatic rings. The number of methoxy groups -OCH3 is 1. The summed E-state index contributed by atoms with van der Waals surface area (Å²) in [5, 5.41) is 0.869. The first kappa shape index (κ1) is 37.7. The van der Waals surface area contributed by atoms with Crippen molar-refractivity contribution in [2.75, 3.05) is 13.9 Å². The standard InChI is InChI=1S/C34H36N4O13S2/c1-33(2)24(38-27(41)23(28(38)52-33)36-26(40)22(35)16-9-7-6-8-10-16)31(44)50-15-49-30(43)18-12-11-17(29(42)48-5)13-19(18)51-32(45)25-34(3,4)53(46,47)21-14-20(39)37(21)25/h6-13,21-25,28H,14-15,35H2,1-5H3,(H,36,40)/t21-,22?,23-,24+,25+,28-/m1/s1. The van der Waals surface area contributed by atoms with Crippen molar-refractivity contribution in [1.29, 1.82) is 0 Å². The van der Waals surface area contributed by atoms with E-state index in [2.05, 4.69) is 5.32 Å². The maximum atomic E-state index is 13.5. The number of nitrogens with two attached hydrogens (primary N) is 1. The molecule has 6 atom stereocenters. The summed E-state index contributed by atoms with van der Waals surface area (Å²) >= 11 is 1.27. The van der Waals surface area contributed by atoms with Gasteiger partial charge in [0.2, 0.25) is 24.5 Å². The third-order valence-corrected chi connectivity index (χ3v) is 14.2. The zero-order chi connectivity index (χ0) is 38.8. The average molecular weight is 773 g/mol. The van der Waals surface area contributed by atoms with Gasteiger partial charge in [0.1, 0.15) is 40.2 Å². The van der Waals surface area contributed by atoms with Gasteiger partial charge >= 0.3 is 23.9 Å².